The minimum atomic E-state index is -0.701. The first-order valence-electron chi connectivity index (χ1n) is 5.88. The van der Waals surface area contributed by atoms with Crippen LogP contribution in [-0.4, -0.2) is 42.3 Å². The number of esters is 1. The lowest BCUT2D eigenvalue weighted by Gasteiger charge is -2.08. The van der Waals surface area contributed by atoms with Crippen LogP contribution in [0.3, 0.4) is 0 Å². The third kappa shape index (κ3) is 2.83. The summed E-state index contributed by atoms with van der Waals surface area (Å²) in [4.78, 5) is 34.6. The molecular formula is C13H13N3O5. The Morgan fingerprint density at radius 3 is 2.29 bits per heavy atom. The van der Waals surface area contributed by atoms with Crippen molar-refractivity contribution in [3.8, 4) is 23.1 Å². The average molecular weight is 291 g/mol. The number of aromatic amines is 1. The maximum absolute atomic E-state index is 12.1. The number of H-pyrrole nitrogens is 1. The van der Waals surface area contributed by atoms with Crippen molar-refractivity contribution in [3.05, 3.63) is 34.2 Å². The van der Waals surface area contributed by atoms with E-state index in [0.717, 1.165) is 0 Å². The Bertz CT molecular complexity index is 704. The number of aromatic nitrogens is 3. The minimum Gasteiger partial charge on any atom is -0.481 e. The number of carbonyl (C=O) groups is 1. The van der Waals surface area contributed by atoms with E-state index in [1.54, 1.807) is 0 Å². The zero-order valence-electron chi connectivity index (χ0n) is 11.7. The van der Waals surface area contributed by atoms with Crippen LogP contribution in [0, 0.1) is 0 Å². The van der Waals surface area contributed by atoms with Gasteiger partial charge in [0.15, 0.2) is 11.3 Å². The number of nitrogens with zero attached hydrogens (tertiary/aromatic N) is 2. The van der Waals surface area contributed by atoms with E-state index in [1.807, 2.05) is 0 Å². The fourth-order valence-electron chi connectivity index (χ4n) is 1.69. The van der Waals surface area contributed by atoms with E-state index in [4.69, 9.17) is 9.47 Å². The molecule has 0 atom stereocenters. The van der Waals surface area contributed by atoms with Gasteiger partial charge in [0.05, 0.1) is 33.0 Å². The van der Waals surface area contributed by atoms with Gasteiger partial charge in [-0.2, -0.15) is 9.97 Å². The zero-order chi connectivity index (χ0) is 15.4. The first kappa shape index (κ1) is 14.5. The number of pyridine rings is 1. The van der Waals surface area contributed by atoms with Gasteiger partial charge in [-0.3, -0.25) is 4.79 Å². The SMILES string of the molecule is COC(=O)c1[nH]ccc(=O)c1-c1nc(OC)cc(OC)n1. The van der Waals surface area contributed by atoms with E-state index in [1.165, 1.54) is 39.7 Å². The standard InChI is InChI=1S/C13H13N3O5/c1-19-8-6-9(20-2)16-12(15-8)10-7(17)4-5-14-11(10)13(18)21-3/h4-6H,1-3H3,(H,14,17). The van der Waals surface area contributed by atoms with E-state index < -0.39 is 11.4 Å². The van der Waals surface area contributed by atoms with E-state index in [0.29, 0.717) is 0 Å². The van der Waals surface area contributed by atoms with E-state index >= 15 is 0 Å². The van der Waals surface area contributed by atoms with Crippen LogP contribution in [0.25, 0.3) is 11.4 Å². The molecule has 2 aromatic heterocycles. The lowest BCUT2D eigenvalue weighted by atomic mass is 10.1. The maximum atomic E-state index is 12.1. The topological polar surface area (TPSA) is 103 Å². The van der Waals surface area contributed by atoms with Gasteiger partial charge in [0.1, 0.15) is 5.69 Å². The van der Waals surface area contributed by atoms with Gasteiger partial charge in [-0.05, 0) is 0 Å². The van der Waals surface area contributed by atoms with Crippen LogP contribution < -0.4 is 14.9 Å². The monoisotopic (exact) mass is 291 g/mol. The molecule has 0 aromatic carbocycles. The molecule has 0 aliphatic carbocycles. The summed E-state index contributed by atoms with van der Waals surface area (Å²) in [7, 11) is 4.05. The largest absolute Gasteiger partial charge is 0.481 e. The van der Waals surface area contributed by atoms with Crippen molar-refractivity contribution in [1.29, 1.82) is 0 Å². The maximum Gasteiger partial charge on any atom is 0.355 e. The Morgan fingerprint density at radius 1 is 1.14 bits per heavy atom. The Kier molecular flexibility index (Phi) is 4.17. The van der Waals surface area contributed by atoms with Crippen molar-refractivity contribution in [2.45, 2.75) is 0 Å². The van der Waals surface area contributed by atoms with Gasteiger partial charge in [-0.1, -0.05) is 0 Å². The molecule has 8 nitrogen and oxygen atoms in total. The molecule has 2 aromatic rings. The van der Waals surface area contributed by atoms with Crippen molar-refractivity contribution in [3.63, 3.8) is 0 Å². The van der Waals surface area contributed by atoms with Crippen molar-refractivity contribution < 1.29 is 19.0 Å². The van der Waals surface area contributed by atoms with E-state index in [-0.39, 0.29) is 28.8 Å². The molecule has 2 rings (SSSR count). The van der Waals surface area contributed by atoms with Gasteiger partial charge in [-0.15, -0.1) is 0 Å². The first-order chi connectivity index (χ1) is 10.1. The molecule has 0 bridgehead atoms. The molecule has 2 heterocycles. The number of nitrogens with one attached hydrogen (secondary N) is 1. The normalized spacial score (nSPS) is 10.0. The molecule has 110 valence electrons. The van der Waals surface area contributed by atoms with Crippen molar-refractivity contribution in [2.24, 2.45) is 0 Å². The molecule has 0 spiro atoms. The number of carbonyl (C=O) groups excluding carboxylic acids is 1. The van der Waals surface area contributed by atoms with Gasteiger partial charge >= 0.3 is 5.97 Å². The molecule has 0 radical (unpaired) electrons. The molecule has 21 heavy (non-hydrogen) atoms. The van der Waals surface area contributed by atoms with Gasteiger partial charge in [-0.25, -0.2) is 4.79 Å². The summed E-state index contributed by atoms with van der Waals surface area (Å²) in [6, 6.07) is 2.72. The van der Waals surface area contributed by atoms with E-state index in [9.17, 15) is 9.59 Å². The highest BCUT2D eigenvalue weighted by atomic mass is 16.5. The van der Waals surface area contributed by atoms with Gasteiger partial charge < -0.3 is 19.2 Å². The number of hydrogen-bond donors (Lipinski definition) is 1. The van der Waals surface area contributed by atoms with Gasteiger partial charge in [0.2, 0.25) is 11.8 Å². The van der Waals surface area contributed by atoms with E-state index in [2.05, 4.69) is 19.7 Å². The molecule has 0 aliphatic heterocycles. The second kappa shape index (κ2) is 6.04. The summed E-state index contributed by atoms with van der Waals surface area (Å²) < 4.78 is 14.7. The second-order valence-corrected chi connectivity index (χ2v) is 3.86. The van der Waals surface area contributed by atoms with Crippen LogP contribution in [0.5, 0.6) is 11.8 Å². The third-order valence-corrected chi connectivity index (χ3v) is 2.67. The highest BCUT2D eigenvalue weighted by Gasteiger charge is 2.20. The van der Waals surface area contributed by atoms with Gasteiger partial charge in [0, 0.05) is 12.3 Å². The van der Waals surface area contributed by atoms with Crippen molar-refractivity contribution in [1.82, 2.24) is 15.0 Å². The molecule has 0 fully saturated rings. The summed E-state index contributed by atoms with van der Waals surface area (Å²) in [5, 5.41) is 0. The number of methoxy groups -OCH3 is 3. The Labute approximate surface area is 119 Å². The van der Waals surface area contributed by atoms with Crippen molar-refractivity contribution in [2.75, 3.05) is 21.3 Å². The predicted octanol–water partition coefficient (Wildman–Crippen LogP) is 0.636. The summed E-state index contributed by atoms with van der Waals surface area (Å²) in [5.74, 6) is -0.284. The molecule has 8 heteroatoms. The zero-order valence-corrected chi connectivity index (χ0v) is 11.7. The summed E-state index contributed by atoms with van der Waals surface area (Å²) >= 11 is 0. The van der Waals surface area contributed by atoms with Crippen LogP contribution in [0.1, 0.15) is 10.5 Å². The first-order valence-corrected chi connectivity index (χ1v) is 5.88. The quantitative estimate of drug-likeness (QED) is 0.824. The molecular weight excluding hydrogens is 278 g/mol. The fraction of sp³-hybridized carbons (Fsp3) is 0.231. The Balaban J connectivity index is 2.72. The highest BCUT2D eigenvalue weighted by Crippen LogP contribution is 2.22. The number of hydrogen-bond acceptors (Lipinski definition) is 7. The molecule has 0 saturated carbocycles. The Morgan fingerprint density at radius 2 is 1.76 bits per heavy atom. The van der Waals surface area contributed by atoms with Crippen LogP contribution in [0.4, 0.5) is 0 Å². The summed E-state index contributed by atoms with van der Waals surface area (Å²) in [6.45, 7) is 0. The van der Waals surface area contributed by atoms with Crippen LogP contribution in [-0.2, 0) is 4.74 Å². The molecule has 0 amide bonds. The highest BCUT2D eigenvalue weighted by molar-refractivity contribution is 5.94. The third-order valence-electron chi connectivity index (χ3n) is 2.67. The predicted molar refractivity (Wildman–Crippen MR) is 72.5 cm³/mol. The average Bonchev–Trinajstić information content (AvgIpc) is 2.53. The number of rotatable bonds is 4. The van der Waals surface area contributed by atoms with Crippen LogP contribution in [0.15, 0.2) is 23.1 Å². The van der Waals surface area contributed by atoms with Crippen molar-refractivity contribution >= 4 is 5.97 Å². The summed E-state index contributed by atoms with van der Waals surface area (Å²) in [6.07, 6.45) is 1.34. The number of ether oxygens (including phenoxy) is 3. The van der Waals surface area contributed by atoms with Crippen LogP contribution >= 0.6 is 0 Å². The molecule has 0 aliphatic rings. The molecule has 1 N–H and O–H groups in total. The lowest BCUT2D eigenvalue weighted by Crippen LogP contribution is -2.16. The minimum absolute atomic E-state index is 0.00782. The smallest absolute Gasteiger partial charge is 0.355 e. The molecule has 0 saturated heterocycles. The molecule has 0 unspecified atom stereocenters. The van der Waals surface area contributed by atoms with Crippen LogP contribution in [0.2, 0.25) is 0 Å². The fourth-order valence-corrected chi connectivity index (χ4v) is 1.69. The lowest BCUT2D eigenvalue weighted by molar-refractivity contribution is 0.0594. The Hall–Kier alpha value is -2.90. The van der Waals surface area contributed by atoms with Gasteiger partial charge in [0.25, 0.3) is 0 Å². The second-order valence-electron chi connectivity index (χ2n) is 3.86. The summed E-state index contributed by atoms with van der Waals surface area (Å²) in [5.41, 5.74) is -0.480.